The first kappa shape index (κ1) is 13.3. The van der Waals surface area contributed by atoms with Crippen LogP contribution in [-0.4, -0.2) is 13.0 Å². The van der Waals surface area contributed by atoms with Crippen LogP contribution >= 0.6 is 12.4 Å². The van der Waals surface area contributed by atoms with Crippen molar-refractivity contribution in [2.45, 2.75) is 6.92 Å². The zero-order valence-electron chi connectivity index (χ0n) is 9.69. The van der Waals surface area contributed by atoms with E-state index in [1.807, 2.05) is 36.4 Å². The largest absolute Gasteiger partial charge is 0.497 e. The maximum atomic E-state index is 11.1. The van der Waals surface area contributed by atoms with Crippen LogP contribution in [0.15, 0.2) is 36.4 Å². The Bertz CT molecular complexity index is 540. The molecule has 0 heterocycles. The fourth-order valence-electron chi connectivity index (χ4n) is 1.68. The molecule has 1 N–H and O–H groups in total. The summed E-state index contributed by atoms with van der Waals surface area (Å²) in [5.41, 5.74) is 0.809. The molecule has 1 amide bonds. The van der Waals surface area contributed by atoms with Crippen LogP contribution in [0.5, 0.6) is 5.75 Å². The maximum absolute atomic E-state index is 11.1. The molecule has 0 radical (unpaired) electrons. The van der Waals surface area contributed by atoms with Crippen LogP contribution in [-0.2, 0) is 4.79 Å². The van der Waals surface area contributed by atoms with Gasteiger partial charge in [0.25, 0.3) is 0 Å². The summed E-state index contributed by atoms with van der Waals surface area (Å²) in [4.78, 5) is 11.1. The Morgan fingerprint density at radius 2 is 2.00 bits per heavy atom. The summed E-state index contributed by atoms with van der Waals surface area (Å²) >= 11 is 0. The zero-order chi connectivity index (χ0) is 11.5. The predicted molar refractivity (Wildman–Crippen MR) is 72.1 cm³/mol. The molecule has 0 bridgehead atoms. The summed E-state index contributed by atoms with van der Waals surface area (Å²) in [6, 6.07) is 11.6. The van der Waals surface area contributed by atoms with Gasteiger partial charge in [0.15, 0.2) is 0 Å². The summed E-state index contributed by atoms with van der Waals surface area (Å²) in [6.45, 7) is 1.50. The van der Waals surface area contributed by atoms with Gasteiger partial charge in [-0.2, -0.15) is 0 Å². The lowest BCUT2D eigenvalue weighted by Crippen LogP contribution is -2.05. The minimum absolute atomic E-state index is 0. The first-order chi connectivity index (χ1) is 7.70. The van der Waals surface area contributed by atoms with Gasteiger partial charge >= 0.3 is 0 Å². The Balaban J connectivity index is 0.00000144. The first-order valence-electron chi connectivity index (χ1n) is 5.05. The van der Waals surface area contributed by atoms with Gasteiger partial charge in [-0.25, -0.2) is 0 Å². The number of nitrogens with one attached hydrogen (secondary N) is 1. The summed E-state index contributed by atoms with van der Waals surface area (Å²) in [5.74, 6) is 0.709. The van der Waals surface area contributed by atoms with E-state index >= 15 is 0 Å². The number of methoxy groups -OCH3 is 1. The highest BCUT2D eigenvalue weighted by Gasteiger charge is 2.03. The molecule has 0 atom stereocenters. The van der Waals surface area contributed by atoms with Crippen molar-refractivity contribution in [3.05, 3.63) is 36.4 Å². The lowest BCUT2D eigenvalue weighted by atomic mass is 10.1. The topological polar surface area (TPSA) is 38.3 Å². The first-order valence-corrected chi connectivity index (χ1v) is 5.05. The van der Waals surface area contributed by atoms with Gasteiger partial charge in [-0.1, -0.05) is 18.2 Å². The highest BCUT2D eigenvalue weighted by molar-refractivity contribution is 6.01. The van der Waals surface area contributed by atoms with Crippen LogP contribution in [0.1, 0.15) is 6.92 Å². The minimum atomic E-state index is -0.0738. The Hall–Kier alpha value is -1.74. The van der Waals surface area contributed by atoms with Gasteiger partial charge < -0.3 is 10.1 Å². The van der Waals surface area contributed by atoms with E-state index in [0.717, 1.165) is 22.2 Å². The molecule has 0 unspecified atom stereocenters. The number of halogens is 1. The van der Waals surface area contributed by atoms with Gasteiger partial charge in [0.05, 0.1) is 7.11 Å². The number of carbonyl (C=O) groups is 1. The highest BCUT2D eigenvalue weighted by atomic mass is 35.5. The van der Waals surface area contributed by atoms with Crippen LogP contribution < -0.4 is 10.1 Å². The standard InChI is InChI=1S/C13H13NO2.ClH/c1-9(15)14-13-5-3-4-10-6-7-11(16-2)8-12(10)13;/h3-8H,1-2H3,(H,14,15);1H. The molecule has 0 aliphatic rings. The Morgan fingerprint density at radius 1 is 1.24 bits per heavy atom. The molecule has 0 aromatic heterocycles. The van der Waals surface area contributed by atoms with Crippen LogP contribution in [0, 0.1) is 0 Å². The third-order valence-corrected chi connectivity index (χ3v) is 2.40. The number of rotatable bonds is 2. The molecule has 0 aliphatic heterocycles. The SMILES string of the molecule is COc1ccc2cccc(NC(C)=O)c2c1.Cl. The Morgan fingerprint density at radius 3 is 2.65 bits per heavy atom. The summed E-state index contributed by atoms with van der Waals surface area (Å²) in [6.07, 6.45) is 0. The Labute approximate surface area is 106 Å². The van der Waals surface area contributed by atoms with Crippen LogP contribution in [0.3, 0.4) is 0 Å². The molecule has 0 spiro atoms. The molecule has 0 aliphatic carbocycles. The number of fused-ring (bicyclic) bond motifs is 1. The molecule has 0 fully saturated rings. The highest BCUT2D eigenvalue weighted by Crippen LogP contribution is 2.27. The van der Waals surface area contributed by atoms with E-state index in [-0.39, 0.29) is 18.3 Å². The van der Waals surface area contributed by atoms with E-state index in [4.69, 9.17) is 4.74 Å². The Kier molecular flexibility index (Phi) is 4.35. The number of hydrogen-bond donors (Lipinski definition) is 1. The third-order valence-electron chi connectivity index (χ3n) is 2.40. The number of ether oxygens (including phenoxy) is 1. The van der Waals surface area contributed by atoms with Crippen molar-refractivity contribution >= 4 is 34.8 Å². The summed E-state index contributed by atoms with van der Waals surface area (Å²) in [5, 5.41) is 4.86. The molecular weight excluding hydrogens is 238 g/mol. The second kappa shape index (κ2) is 5.55. The molecule has 2 aromatic carbocycles. The van der Waals surface area contributed by atoms with E-state index in [2.05, 4.69) is 5.32 Å². The third kappa shape index (κ3) is 2.88. The van der Waals surface area contributed by atoms with Crippen molar-refractivity contribution in [1.29, 1.82) is 0 Å². The molecule has 2 rings (SSSR count). The van der Waals surface area contributed by atoms with Crippen molar-refractivity contribution < 1.29 is 9.53 Å². The second-order valence-electron chi connectivity index (χ2n) is 3.57. The van der Waals surface area contributed by atoms with E-state index in [1.54, 1.807) is 7.11 Å². The monoisotopic (exact) mass is 251 g/mol. The van der Waals surface area contributed by atoms with Crippen molar-refractivity contribution in [2.75, 3.05) is 12.4 Å². The average molecular weight is 252 g/mol. The maximum Gasteiger partial charge on any atom is 0.221 e. The van der Waals surface area contributed by atoms with Gasteiger partial charge in [-0.15, -0.1) is 12.4 Å². The number of anilines is 1. The van der Waals surface area contributed by atoms with E-state index in [0.29, 0.717) is 0 Å². The molecular formula is C13H14ClNO2. The van der Waals surface area contributed by atoms with Gasteiger partial charge in [0.1, 0.15) is 5.75 Å². The van der Waals surface area contributed by atoms with E-state index in [9.17, 15) is 4.79 Å². The predicted octanol–water partition coefficient (Wildman–Crippen LogP) is 3.23. The molecule has 3 nitrogen and oxygen atoms in total. The van der Waals surface area contributed by atoms with Crippen LogP contribution in [0.25, 0.3) is 10.8 Å². The number of hydrogen-bond acceptors (Lipinski definition) is 2. The van der Waals surface area contributed by atoms with Gasteiger partial charge in [-0.05, 0) is 23.6 Å². The summed E-state index contributed by atoms with van der Waals surface area (Å²) in [7, 11) is 1.63. The smallest absolute Gasteiger partial charge is 0.221 e. The zero-order valence-corrected chi connectivity index (χ0v) is 10.5. The van der Waals surface area contributed by atoms with Crippen molar-refractivity contribution in [3.63, 3.8) is 0 Å². The second-order valence-corrected chi connectivity index (χ2v) is 3.57. The van der Waals surface area contributed by atoms with Gasteiger partial charge in [0, 0.05) is 18.0 Å². The van der Waals surface area contributed by atoms with Crippen LogP contribution in [0.4, 0.5) is 5.69 Å². The minimum Gasteiger partial charge on any atom is -0.497 e. The van der Waals surface area contributed by atoms with Gasteiger partial charge in [-0.3, -0.25) is 4.79 Å². The number of carbonyl (C=O) groups excluding carboxylic acids is 1. The molecule has 0 saturated heterocycles. The number of benzene rings is 2. The average Bonchev–Trinajstić information content (AvgIpc) is 2.28. The van der Waals surface area contributed by atoms with Gasteiger partial charge in [0.2, 0.25) is 5.91 Å². The quantitative estimate of drug-likeness (QED) is 0.890. The normalized spacial score (nSPS) is 9.53. The molecule has 4 heteroatoms. The lowest BCUT2D eigenvalue weighted by molar-refractivity contribution is -0.114. The lowest BCUT2D eigenvalue weighted by Gasteiger charge is -2.08. The van der Waals surface area contributed by atoms with Crippen molar-refractivity contribution in [1.82, 2.24) is 0 Å². The van der Waals surface area contributed by atoms with Crippen LogP contribution in [0.2, 0.25) is 0 Å². The number of amides is 1. The van der Waals surface area contributed by atoms with E-state index in [1.165, 1.54) is 6.92 Å². The van der Waals surface area contributed by atoms with E-state index < -0.39 is 0 Å². The molecule has 17 heavy (non-hydrogen) atoms. The molecule has 0 saturated carbocycles. The summed E-state index contributed by atoms with van der Waals surface area (Å²) < 4.78 is 5.17. The fourth-order valence-corrected chi connectivity index (χ4v) is 1.68. The van der Waals surface area contributed by atoms with Crippen molar-refractivity contribution in [2.24, 2.45) is 0 Å². The molecule has 90 valence electrons. The van der Waals surface area contributed by atoms with Crippen molar-refractivity contribution in [3.8, 4) is 5.75 Å². The molecule has 2 aromatic rings. The fraction of sp³-hybridized carbons (Fsp3) is 0.154.